The Kier molecular flexibility index (Phi) is 4.35. The number of rotatable bonds is 5. The van der Waals surface area contributed by atoms with Crippen LogP contribution in [0.4, 0.5) is 5.69 Å². The first kappa shape index (κ1) is 16.8. The monoisotopic (exact) mass is 340 g/mol. The van der Waals surface area contributed by atoms with E-state index < -0.39 is 0 Å². The second-order valence-electron chi connectivity index (χ2n) is 5.96. The van der Waals surface area contributed by atoms with Crippen LogP contribution in [-0.2, 0) is 6.54 Å². The highest BCUT2D eigenvalue weighted by Crippen LogP contribution is 2.42. The zero-order chi connectivity index (χ0) is 18.1. The average molecular weight is 340 g/mol. The number of nitroso groups, excluding NO2 is 1. The van der Waals surface area contributed by atoms with Crippen LogP contribution in [0.1, 0.15) is 16.7 Å². The predicted molar refractivity (Wildman–Crippen MR) is 97.2 cm³/mol. The summed E-state index contributed by atoms with van der Waals surface area (Å²) >= 11 is 0. The van der Waals surface area contributed by atoms with Crippen molar-refractivity contribution >= 4 is 16.6 Å². The summed E-state index contributed by atoms with van der Waals surface area (Å²) in [5.41, 5.74) is 3.66. The summed E-state index contributed by atoms with van der Waals surface area (Å²) in [6.45, 7) is 4.22. The second-order valence-corrected chi connectivity index (χ2v) is 5.96. The summed E-state index contributed by atoms with van der Waals surface area (Å²) in [6, 6.07) is 9.45. The van der Waals surface area contributed by atoms with Gasteiger partial charge in [-0.1, -0.05) is 18.2 Å². The standard InChI is InChI=1S/C19H20N2O4/c1-11-5-6-12(2)18-16(11)17(20-23)19(22)21(18)10-13-7-8-14(24-3)15(9-13)25-4/h5-9,22H,10H2,1-4H3. The minimum Gasteiger partial charge on any atom is -0.493 e. The number of aromatic nitrogens is 1. The van der Waals surface area contributed by atoms with Crippen molar-refractivity contribution in [2.75, 3.05) is 14.2 Å². The van der Waals surface area contributed by atoms with Crippen molar-refractivity contribution < 1.29 is 14.6 Å². The SMILES string of the molecule is COc1ccc(Cn2c(O)c(N=O)c3c(C)ccc(C)c32)cc1OC. The lowest BCUT2D eigenvalue weighted by Crippen LogP contribution is -2.01. The molecule has 1 heterocycles. The molecule has 0 radical (unpaired) electrons. The Morgan fingerprint density at radius 3 is 2.36 bits per heavy atom. The average Bonchev–Trinajstić information content (AvgIpc) is 2.91. The number of hydrogen-bond acceptors (Lipinski definition) is 5. The van der Waals surface area contributed by atoms with E-state index in [1.54, 1.807) is 18.8 Å². The summed E-state index contributed by atoms with van der Waals surface area (Å²) in [5, 5.41) is 14.3. The summed E-state index contributed by atoms with van der Waals surface area (Å²) in [6.07, 6.45) is 0. The summed E-state index contributed by atoms with van der Waals surface area (Å²) < 4.78 is 12.3. The molecule has 0 unspecified atom stereocenters. The van der Waals surface area contributed by atoms with E-state index in [-0.39, 0.29) is 11.6 Å². The van der Waals surface area contributed by atoms with Gasteiger partial charge >= 0.3 is 0 Å². The van der Waals surface area contributed by atoms with Gasteiger partial charge in [-0.15, -0.1) is 4.91 Å². The lowest BCUT2D eigenvalue weighted by molar-refractivity contribution is 0.354. The Morgan fingerprint density at radius 1 is 1.04 bits per heavy atom. The van der Waals surface area contributed by atoms with Gasteiger partial charge in [-0.25, -0.2) is 0 Å². The zero-order valence-corrected chi connectivity index (χ0v) is 14.7. The maximum atomic E-state index is 11.3. The topological polar surface area (TPSA) is 73.0 Å². The quantitative estimate of drug-likeness (QED) is 0.698. The smallest absolute Gasteiger partial charge is 0.222 e. The molecule has 3 aromatic rings. The van der Waals surface area contributed by atoms with Crippen LogP contribution in [0.2, 0.25) is 0 Å². The molecule has 0 saturated heterocycles. The van der Waals surface area contributed by atoms with Crippen LogP contribution in [0.25, 0.3) is 10.9 Å². The number of ether oxygens (including phenoxy) is 2. The Hall–Kier alpha value is -3.02. The van der Waals surface area contributed by atoms with Crippen LogP contribution in [0.5, 0.6) is 17.4 Å². The fourth-order valence-electron chi connectivity index (χ4n) is 3.19. The molecule has 0 bridgehead atoms. The molecule has 0 atom stereocenters. The number of methoxy groups -OCH3 is 2. The molecule has 6 nitrogen and oxygen atoms in total. The first-order valence-corrected chi connectivity index (χ1v) is 7.87. The lowest BCUT2D eigenvalue weighted by atomic mass is 10.1. The number of hydrogen-bond donors (Lipinski definition) is 1. The van der Waals surface area contributed by atoms with Gasteiger partial charge in [0.05, 0.1) is 26.3 Å². The first-order valence-electron chi connectivity index (χ1n) is 7.87. The molecule has 3 rings (SSSR count). The van der Waals surface area contributed by atoms with Crippen molar-refractivity contribution in [3.05, 3.63) is 51.9 Å². The van der Waals surface area contributed by atoms with Gasteiger partial charge < -0.3 is 19.1 Å². The van der Waals surface area contributed by atoms with Crippen molar-refractivity contribution in [2.24, 2.45) is 5.18 Å². The van der Waals surface area contributed by atoms with Crippen molar-refractivity contribution in [1.82, 2.24) is 4.57 Å². The fourth-order valence-corrected chi connectivity index (χ4v) is 3.19. The Morgan fingerprint density at radius 2 is 1.72 bits per heavy atom. The van der Waals surface area contributed by atoms with Gasteiger partial charge in [-0.2, -0.15) is 0 Å². The van der Waals surface area contributed by atoms with Gasteiger partial charge in [-0.05, 0) is 47.8 Å². The minimum atomic E-state index is -0.128. The molecular formula is C19H20N2O4. The molecule has 6 heteroatoms. The van der Waals surface area contributed by atoms with E-state index in [2.05, 4.69) is 5.18 Å². The van der Waals surface area contributed by atoms with E-state index in [1.807, 2.05) is 44.2 Å². The Labute approximate surface area is 145 Å². The van der Waals surface area contributed by atoms with E-state index in [0.29, 0.717) is 23.4 Å². The van der Waals surface area contributed by atoms with E-state index in [4.69, 9.17) is 9.47 Å². The highest BCUT2D eigenvalue weighted by atomic mass is 16.5. The van der Waals surface area contributed by atoms with E-state index in [1.165, 1.54) is 0 Å². The second kappa shape index (κ2) is 6.47. The van der Waals surface area contributed by atoms with Gasteiger partial charge in [0.1, 0.15) is 0 Å². The molecular weight excluding hydrogens is 320 g/mol. The molecule has 130 valence electrons. The molecule has 2 aromatic carbocycles. The van der Waals surface area contributed by atoms with Gasteiger partial charge in [-0.3, -0.25) is 0 Å². The molecule has 0 aliphatic heterocycles. The molecule has 1 aromatic heterocycles. The van der Waals surface area contributed by atoms with Crippen LogP contribution in [0.3, 0.4) is 0 Å². The Balaban J connectivity index is 2.18. The van der Waals surface area contributed by atoms with E-state index >= 15 is 0 Å². The molecule has 0 spiro atoms. The van der Waals surface area contributed by atoms with Crippen molar-refractivity contribution in [2.45, 2.75) is 20.4 Å². The van der Waals surface area contributed by atoms with Crippen molar-refractivity contribution in [3.8, 4) is 17.4 Å². The van der Waals surface area contributed by atoms with Crippen LogP contribution < -0.4 is 9.47 Å². The molecule has 1 N–H and O–H groups in total. The zero-order valence-electron chi connectivity index (χ0n) is 14.7. The van der Waals surface area contributed by atoms with Crippen LogP contribution >= 0.6 is 0 Å². The summed E-state index contributed by atoms with van der Waals surface area (Å²) in [5.74, 6) is 1.12. The molecule has 0 aliphatic rings. The van der Waals surface area contributed by atoms with Gasteiger partial charge in [0.25, 0.3) is 0 Å². The van der Waals surface area contributed by atoms with Crippen LogP contribution in [-0.4, -0.2) is 23.9 Å². The normalized spacial score (nSPS) is 10.9. The van der Waals surface area contributed by atoms with Gasteiger partial charge in [0.15, 0.2) is 17.2 Å². The highest BCUT2D eigenvalue weighted by Gasteiger charge is 2.21. The number of nitrogens with zero attached hydrogens (tertiary/aromatic N) is 2. The summed E-state index contributed by atoms with van der Waals surface area (Å²) in [4.78, 5) is 11.3. The minimum absolute atomic E-state index is 0.0803. The third-order valence-electron chi connectivity index (χ3n) is 4.44. The maximum Gasteiger partial charge on any atom is 0.222 e. The van der Waals surface area contributed by atoms with Crippen molar-refractivity contribution in [3.63, 3.8) is 0 Å². The maximum absolute atomic E-state index is 11.3. The summed E-state index contributed by atoms with van der Waals surface area (Å²) in [7, 11) is 3.16. The van der Waals surface area contributed by atoms with Gasteiger partial charge in [0.2, 0.25) is 5.88 Å². The number of fused-ring (bicyclic) bond motifs is 1. The number of aryl methyl sites for hydroxylation is 2. The molecule has 0 saturated carbocycles. The Bertz CT molecular complexity index is 960. The predicted octanol–water partition coefficient (Wildman–Crippen LogP) is 4.43. The molecule has 0 amide bonds. The number of benzene rings is 2. The third-order valence-corrected chi connectivity index (χ3v) is 4.44. The largest absolute Gasteiger partial charge is 0.493 e. The van der Waals surface area contributed by atoms with E-state index in [0.717, 1.165) is 22.2 Å². The number of aromatic hydroxyl groups is 1. The van der Waals surface area contributed by atoms with Gasteiger partial charge in [0, 0.05) is 5.39 Å². The first-order chi connectivity index (χ1) is 12.0. The molecule has 0 fully saturated rings. The third kappa shape index (κ3) is 2.69. The van der Waals surface area contributed by atoms with E-state index in [9.17, 15) is 10.0 Å². The van der Waals surface area contributed by atoms with Crippen molar-refractivity contribution in [1.29, 1.82) is 0 Å². The lowest BCUT2D eigenvalue weighted by Gasteiger charge is -2.12. The highest BCUT2D eigenvalue weighted by molar-refractivity contribution is 5.99. The van der Waals surface area contributed by atoms with Crippen LogP contribution in [0.15, 0.2) is 35.5 Å². The van der Waals surface area contributed by atoms with Crippen LogP contribution in [0, 0.1) is 18.8 Å². The fraction of sp³-hybridized carbons (Fsp3) is 0.263. The molecule has 0 aliphatic carbocycles. The molecule has 25 heavy (non-hydrogen) atoms.